The molecule has 1 aliphatic carbocycles. The Morgan fingerprint density at radius 1 is 1.13 bits per heavy atom. The highest BCUT2D eigenvalue weighted by Crippen LogP contribution is 2.47. The first-order chi connectivity index (χ1) is 24.5. The standard InChI is InChI=1S/C35H44F3N6O7P/c1-6-50-52(47,48)18-20-7-13-26(28(15-20)49-5)42-34-40-16-25(35(36,37)38)31(43-34)41-27-14-12-23(24-17-44(4)32(45)29(24)27)21-8-10-22(11-9-21)51-33(46)30(39)19(2)3/h7,12-16,19,21-22,30H,6,8-11,17-18,39H2,1-5H3,(H,47,48)(H2,40,41,42,43)/t21-,22-,30-/m0/s1. The van der Waals surface area contributed by atoms with Crippen molar-refractivity contribution in [3.63, 3.8) is 0 Å². The van der Waals surface area contributed by atoms with Gasteiger partial charge in [0.05, 0.1) is 36.8 Å². The first-order valence-electron chi connectivity index (χ1n) is 17.0. The number of halogens is 3. The summed E-state index contributed by atoms with van der Waals surface area (Å²) in [4.78, 5) is 45.4. The van der Waals surface area contributed by atoms with Crippen LogP contribution in [0.1, 0.15) is 85.0 Å². The topological polar surface area (TPSA) is 178 Å². The lowest BCUT2D eigenvalue weighted by molar-refractivity contribution is -0.153. The summed E-state index contributed by atoms with van der Waals surface area (Å²) in [6.07, 6.45) is -2.09. The van der Waals surface area contributed by atoms with Crippen LogP contribution >= 0.6 is 7.60 Å². The maximum absolute atomic E-state index is 14.2. The van der Waals surface area contributed by atoms with Crippen LogP contribution in [0, 0.1) is 5.92 Å². The fraction of sp³-hybridized carbons (Fsp3) is 0.486. The van der Waals surface area contributed by atoms with Crippen molar-refractivity contribution in [2.45, 2.75) is 83.4 Å². The fourth-order valence-electron chi connectivity index (χ4n) is 6.48. The summed E-state index contributed by atoms with van der Waals surface area (Å²) in [7, 11) is -0.888. The van der Waals surface area contributed by atoms with Gasteiger partial charge >= 0.3 is 19.7 Å². The van der Waals surface area contributed by atoms with Crippen LogP contribution in [0.25, 0.3) is 0 Å². The summed E-state index contributed by atoms with van der Waals surface area (Å²) < 4.78 is 71.0. The molecule has 2 aromatic carbocycles. The monoisotopic (exact) mass is 748 g/mol. The van der Waals surface area contributed by atoms with Gasteiger partial charge < -0.3 is 40.2 Å². The number of ether oxygens (including phenoxy) is 2. The number of carbonyl (C=O) groups is 2. The van der Waals surface area contributed by atoms with E-state index >= 15 is 0 Å². The zero-order valence-corrected chi connectivity index (χ0v) is 30.5. The highest BCUT2D eigenvalue weighted by atomic mass is 31.2. The molecule has 1 saturated carbocycles. The average Bonchev–Trinajstić information content (AvgIpc) is 3.38. The summed E-state index contributed by atoms with van der Waals surface area (Å²) in [5.41, 5.74) is 7.62. The lowest BCUT2D eigenvalue weighted by atomic mass is 9.80. The predicted octanol–water partition coefficient (Wildman–Crippen LogP) is 6.85. The molecule has 0 bridgehead atoms. The van der Waals surface area contributed by atoms with E-state index in [4.69, 9.17) is 19.7 Å². The van der Waals surface area contributed by atoms with Crippen molar-refractivity contribution in [3.8, 4) is 5.75 Å². The van der Waals surface area contributed by atoms with Crippen molar-refractivity contribution < 1.29 is 46.2 Å². The Hall–Kier alpha value is -4.24. The number of hydrogen-bond acceptors (Lipinski definition) is 11. The van der Waals surface area contributed by atoms with Gasteiger partial charge in [-0.25, -0.2) is 4.98 Å². The zero-order chi connectivity index (χ0) is 38.0. The van der Waals surface area contributed by atoms with Gasteiger partial charge in [-0.2, -0.15) is 18.2 Å². The largest absolute Gasteiger partial charge is 0.495 e. The van der Waals surface area contributed by atoms with Crippen LogP contribution < -0.4 is 21.1 Å². The van der Waals surface area contributed by atoms with Crippen molar-refractivity contribution in [2.24, 2.45) is 11.7 Å². The molecule has 1 aliphatic heterocycles. The second-order valence-corrected chi connectivity index (χ2v) is 15.2. The van der Waals surface area contributed by atoms with Crippen molar-refractivity contribution in [1.29, 1.82) is 0 Å². The van der Waals surface area contributed by atoms with Crippen LogP contribution in [0.3, 0.4) is 0 Å². The number of nitrogens with zero attached hydrogens (tertiary/aromatic N) is 3. The number of alkyl halides is 3. The highest BCUT2D eigenvalue weighted by Gasteiger charge is 2.38. The van der Waals surface area contributed by atoms with Crippen LogP contribution in [0.2, 0.25) is 0 Å². The molecule has 1 unspecified atom stereocenters. The molecule has 282 valence electrons. The van der Waals surface area contributed by atoms with E-state index in [1.165, 1.54) is 24.1 Å². The summed E-state index contributed by atoms with van der Waals surface area (Å²) in [6, 6.07) is 7.30. The van der Waals surface area contributed by atoms with E-state index in [9.17, 15) is 32.2 Å². The molecule has 2 atom stereocenters. The van der Waals surface area contributed by atoms with E-state index < -0.39 is 37.2 Å². The molecule has 5 rings (SSSR count). The van der Waals surface area contributed by atoms with Gasteiger partial charge in [0.2, 0.25) is 5.95 Å². The molecule has 1 amide bonds. The van der Waals surface area contributed by atoms with Gasteiger partial charge in [-0.3, -0.25) is 14.2 Å². The molecule has 0 saturated heterocycles. The Morgan fingerprint density at radius 2 is 1.83 bits per heavy atom. The molecule has 13 nitrogen and oxygen atoms in total. The third-order valence-electron chi connectivity index (χ3n) is 9.27. The lowest BCUT2D eigenvalue weighted by Crippen LogP contribution is -2.39. The Bertz CT molecular complexity index is 1850. The summed E-state index contributed by atoms with van der Waals surface area (Å²) >= 11 is 0. The van der Waals surface area contributed by atoms with Gasteiger partial charge in [-0.05, 0) is 79.3 Å². The SMILES string of the molecule is CCOP(=O)(O)Cc1ccc(Nc2ncc(C(F)(F)F)c(Nc3ccc([C@H]4CC[C@H](OC(=O)[C@@H](N)C(C)C)CC4)c4c3C(=O)N(C)C4)n2)c(OC)c1. The fourth-order valence-corrected chi connectivity index (χ4v) is 7.63. The van der Waals surface area contributed by atoms with E-state index in [-0.39, 0.29) is 71.8 Å². The van der Waals surface area contributed by atoms with Gasteiger partial charge in [-0.1, -0.05) is 26.0 Å². The number of anilines is 4. The molecule has 5 N–H and O–H groups in total. The Balaban J connectivity index is 1.40. The smallest absolute Gasteiger partial charge is 0.421 e. The Morgan fingerprint density at radius 3 is 2.46 bits per heavy atom. The Kier molecular flexibility index (Phi) is 11.8. The number of aromatic nitrogens is 2. The molecule has 17 heteroatoms. The number of hydrogen-bond donors (Lipinski definition) is 4. The minimum absolute atomic E-state index is 0.0467. The zero-order valence-electron chi connectivity index (χ0n) is 29.6. The third-order valence-corrected chi connectivity index (χ3v) is 10.7. The second kappa shape index (κ2) is 15.8. The quantitative estimate of drug-likeness (QED) is 0.106. The molecule has 0 radical (unpaired) electrons. The molecule has 1 fully saturated rings. The predicted molar refractivity (Wildman–Crippen MR) is 188 cm³/mol. The van der Waals surface area contributed by atoms with E-state index in [1.54, 1.807) is 26.1 Å². The molecular formula is C35H44F3N6O7P. The molecule has 1 aromatic heterocycles. The van der Waals surface area contributed by atoms with Gasteiger partial charge in [0, 0.05) is 19.8 Å². The van der Waals surface area contributed by atoms with Crippen LogP contribution in [0.15, 0.2) is 36.5 Å². The third kappa shape index (κ3) is 8.85. The van der Waals surface area contributed by atoms with Crippen LogP contribution in [0.5, 0.6) is 5.75 Å². The Labute approximate surface area is 300 Å². The van der Waals surface area contributed by atoms with E-state index in [2.05, 4.69) is 20.6 Å². The summed E-state index contributed by atoms with van der Waals surface area (Å²) in [5.74, 6) is -1.30. The van der Waals surface area contributed by atoms with Gasteiger partial charge in [0.25, 0.3) is 5.91 Å². The van der Waals surface area contributed by atoms with Crippen LogP contribution in [-0.2, 0) is 37.5 Å². The molecule has 0 spiro atoms. The number of fused-ring (bicyclic) bond motifs is 1. The number of nitrogens with one attached hydrogen (secondary N) is 2. The number of benzene rings is 2. The number of methoxy groups -OCH3 is 1. The molecule has 2 heterocycles. The maximum Gasteiger partial charge on any atom is 0.421 e. The number of carbonyl (C=O) groups excluding carboxylic acids is 2. The van der Waals surface area contributed by atoms with Gasteiger partial charge in [-0.15, -0.1) is 0 Å². The van der Waals surface area contributed by atoms with Gasteiger partial charge in [0.15, 0.2) is 0 Å². The van der Waals surface area contributed by atoms with Crippen molar-refractivity contribution >= 4 is 42.6 Å². The van der Waals surface area contributed by atoms with Crippen molar-refractivity contribution in [2.75, 3.05) is 31.4 Å². The van der Waals surface area contributed by atoms with E-state index in [0.717, 1.165) is 11.1 Å². The number of rotatable bonds is 13. The van der Waals surface area contributed by atoms with Crippen molar-refractivity contribution in [3.05, 3.63) is 64.3 Å². The molecule has 3 aromatic rings. The first-order valence-corrected chi connectivity index (χ1v) is 18.8. The van der Waals surface area contributed by atoms with Crippen LogP contribution in [-0.4, -0.2) is 64.5 Å². The van der Waals surface area contributed by atoms with E-state index in [0.29, 0.717) is 37.4 Å². The first kappa shape index (κ1) is 39.0. The second-order valence-electron chi connectivity index (χ2n) is 13.3. The molecule has 2 aliphatic rings. The minimum atomic E-state index is -4.83. The minimum Gasteiger partial charge on any atom is -0.495 e. The molecule has 52 heavy (non-hydrogen) atoms. The maximum atomic E-state index is 14.2. The summed E-state index contributed by atoms with van der Waals surface area (Å²) in [6.45, 7) is 5.65. The number of amides is 1. The van der Waals surface area contributed by atoms with Crippen molar-refractivity contribution in [1.82, 2.24) is 14.9 Å². The molecular weight excluding hydrogens is 704 g/mol. The average molecular weight is 749 g/mol. The lowest BCUT2D eigenvalue weighted by Gasteiger charge is -2.31. The number of nitrogens with two attached hydrogens (primary N) is 1. The van der Waals surface area contributed by atoms with Crippen LogP contribution in [0.4, 0.5) is 36.3 Å². The number of esters is 1. The van der Waals surface area contributed by atoms with Gasteiger partial charge in [0.1, 0.15) is 29.3 Å². The van der Waals surface area contributed by atoms with E-state index in [1.807, 2.05) is 19.9 Å². The normalized spacial score (nSPS) is 19.2. The summed E-state index contributed by atoms with van der Waals surface area (Å²) in [5, 5.41) is 5.64. The highest BCUT2D eigenvalue weighted by molar-refractivity contribution is 7.51.